The number of hydrazine groups is 1. The molecule has 0 fully saturated rings. The first-order chi connectivity index (χ1) is 14.2. The molecule has 0 aromatic heterocycles. The fourth-order valence-corrected chi connectivity index (χ4v) is 2.74. The van der Waals surface area contributed by atoms with Crippen LogP contribution in [0.3, 0.4) is 0 Å². The average molecular weight is 390 g/mol. The van der Waals surface area contributed by atoms with E-state index in [9.17, 15) is 9.59 Å². The summed E-state index contributed by atoms with van der Waals surface area (Å²) in [7, 11) is 1.58. The molecule has 148 valence electrons. The number of nitrogens with one attached hydrogen (secondary N) is 2. The molecule has 3 aromatic rings. The van der Waals surface area contributed by atoms with Gasteiger partial charge in [0.2, 0.25) is 5.91 Å². The lowest BCUT2D eigenvalue weighted by Gasteiger charge is -2.12. The highest BCUT2D eigenvalue weighted by Crippen LogP contribution is 2.29. The molecule has 0 bridgehead atoms. The monoisotopic (exact) mass is 390 g/mol. The molecule has 0 radical (unpaired) electrons. The van der Waals surface area contributed by atoms with E-state index >= 15 is 0 Å². The number of methoxy groups -OCH3 is 1. The summed E-state index contributed by atoms with van der Waals surface area (Å²) in [5.41, 5.74) is 7.46. The molecular formula is C23H22N2O4. The Balaban J connectivity index is 1.48. The van der Waals surface area contributed by atoms with E-state index in [0.29, 0.717) is 5.75 Å². The van der Waals surface area contributed by atoms with Gasteiger partial charge in [-0.25, -0.2) is 0 Å². The summed E-state index contributed by atoms with van der Waals surface area (Å²) < 4.78 is 10.7. The molecule has 0 heterocycles. The van der Waals surface area contributed by atoms with Crippen LogP contribution in [-0.2, 0) is 16.0 Å². The molecule has 0 atom stereocenters. The van der Waals surface area contributed by atoms with Gasteiger partial charge in [-0.15, -0.1) is 0 Å². The fourth-order valence-electron chi connectivity index (χ4n) is 2.74. The molecule has 0 aliphatic carbocycles. The molecular weight excluding hydrogens is 368 g/mol. The van der Waals surface area contributed by atoms with E-state index in [-0.39, 0.29) is 18.9 Å². The lowest BCUT2D eigenvalue weighted by atomic mass is 10.1. The van der Waals surface area contributed by atoms with Gasteiger partial charge in [-0.1, -0.05) is 60.7 Å². The van der Waals surface area contributed by atoms with Crippen molar-refractivity contribution in [3.8, 4) is 22.6 Å². The van der Waals surface area contributed by atoms with Crippen LogP contribution in [0.1, 0.15) is 5.56 Å². The molecule has 0 aliphatic rings. The third-order valence-corrected chi connectivity index (χ3v) is 4.20. The summed E-state index contributed by atoms with van der Waals surface area (Å²) in [5.74, 6) is 0.540. The zero-order valence-electron chi connectivity index (χ0n) is 16.1. The Labute approximate surface area is 169 Å². The Morgan fingerprint density at radius 1 is 0.793 bits per heavy atom. The van der Waals surface area contributed by atoms with Crippen molar-refractivity contribution in [3.05, 3.63) is 84.4 Å². The summed E-state index contributed by atoms with van der Waals surface area (Å²) in [4.78, 5) is 24.0. The van der Waals surface area contributed by atoms with Crippen LogP contribution in [0, 0.1) is 0 Å². The lowest BCUT2D eigenvalue weighted by molar-refractivity contribution is -0.129. The van der Waals surface area contributed by atoms with Crippen molar-refractivity contribution < 1.29 is 19.1 Å². The average Bonchev–Trinajstić information content (AvgIpc) is 2.77. The maximum atomic E-state index is 12.0. The molecule has 3 aromatic carbocycles. The number of hydrogen-bond donors (Lipinski definition) is 2. The topological polar surface area (TPSA) is 76.7 Å². The summed E-state index contributed by atoms with van der Waals surface area (Å²) in [6.45, 7) is -0.216. The fraction of sp³-hybridized carbons (Fsp3) is 0.130. The minimum absolute atomic E-state index is 0.141. The second-order valence-electron chi connectivity index (χ2n) is 6.27. The van der Waals surface area contributed by atoms with Crippen molar-refractivity contribution >= 4 is 11.8 Å². The van der Waals surface area contributed by atoms with Gasteiger partial charge in [0.05, 0.1) is 13.5 Å². The van der Waals surface area contributed by atoms with E-state index in [1.807, 2.05) is 48.5 Å². The van der Waals surface area contributed by atoms with Crippen molar-refractivity contribution in [1.82, 2.24) is 10.9 Å². The third-order valence-electron chi connectivity index (χ3n) is 4.20. The highest BCUT2D eigenvalue weighted by molar-refractivity contribution is 5.84. The number of rotatable bonds is 7. The first kappa shape index (κ1) is 19.9. The Kier molecular flexibility index (Phi) is 6.84. The number of ether oxygens (including phenoxy) is 2. The smallest absolute Gasteiger partial charge is 0.276 e. The van der Waals surface area contributed by atoms with Gasteiger partial charge in [0, 0.05) is 5.56 Å². The first-order valence-corrected chi connectivity index (χ1v) is 9.13. The van der Waals surface area contributed by atoms with Gasteiger partial charge >= 0.3 is 0 Å². The maximum absolute atomic E-state index is 12.0. The second kappa shape index (κ2) is 9.94. The van der Waals surface area contributed by atoms with Crippen molar-refractivity contribution in [1.29, 1.82) is 0 Å². The predicted molar refractivity (Wildman–Crippen MR) is 110 cm³/mol. The SMILES string of the molecule is COc1ccc(CC(=O)NNC(=O)COc2ccccc2-c2ccccc2)cc1. The molecule has 2 N–H and O–H groups in total. The summed E-state index contributed by atoms with van der Waals surface area (Å²) in [5, 5.41) is 0. The second-order valence-corrected chi connectivity index (χ2v) is 6.27. The lowest BCUT2D eigenvalue weighted by Crippen LogP contribution is -2.44. The van der Waals surface area contributed by atoms with Crippen molar-refractivity contribution in [2.75, 3.05) is 13.7 Å². The first-order valence-electron chi connectivity index (χ1n) is 9.13. The molecule has 0 saturated carbocycles. The van der Waals surface area contributed by atoms with Crippen LogP contribution in [0.25, 0.3) is 11.1 Å². The van der Waals surface area contributed by atoms with Crippen LogP contribution >= 0.6 is 0 Å². The maximum Gasteiger partial charge on any atom is 0.276 e. The Morgan fingerprint density at radius 2 is 1.45 bits per heavy atom. The standard InChI is InChI=1S/C23H22N2O4/c1-28-19-13-11-17(12-14-19)15-22(26)24-25-23(27)16-29-21-10-6-5-9-20(21)18-7-3-2-4-8-18/h2-14H,15-16H2,1H3,(H,24,26)(H,25,27). The Hall–Kier alpha value is -3.80. The Bertz CT molecular complexity index is 956. The number of carbonyl (C=O) groups is 2. The molecule has 2 amide bonds. The van der Waals surface area contributed by atoms with Gasteiger partial charge in [0.1, 0.15) is 11.5 Å². The van der Waals surface area contributed by atoms with Crippen molar-refractivity contribution in [2.45, 2.75) is 6.42 Å². The van der Waals surface area contributed by atoms with Crippen LogP contribution in [0.2, 0.25) is 0 Å². The number of carbonyl (C=O) groups excluding carboxylic acids is 2. The highest BCUT2D eigenvalue weighted by atomic mass is 16.5. The number of amides is 2. The van der Waals surface area contributed by atoms with Crippen LogP contribution in [0.15, 0.2) is 78.9 Å². The van der Waals surface area contributed by atoms with Crippen molar-refractivity contribution in [2.24, 2.45) is 0 Å². The molecule has 0 unspecified atom stereocenters. The quantitative estimate of drug-likeness (QED) is 0.608. The van der Waals surface area contributed by atoms with E-state index in [4.69, 9.17) is 9.47 Å². The molecule has 6 nitrogen and oxygen atoms in total. The van der Waals surface area contributed by atoms with E-state index in [1.54, 1.807) is 37.4 Å². The molecule has 29 heavy (non-hydrogen) atoms. The molecule has 0 spiro atoms. The zero-order valence-corrected chi connectivity index (χ0v) is 16.1. The predicted octanol–water partition coefficient (Wildman–Crippen LogP) is 3.13. The highest BCUT2D eigenvalue weighted by Gasteiger charge is 2.09. The minimum Gasteiger partial charge on any atom is -0.497 e. The normalized spacial score (nSPS) is 10.1. The van der Waals surface area contributed by atoms with E-state index in [1.165, 1.54) is 0 Å². The van der Waals surface area contributed by atoms with Crippen LogP contribution < -0.4 is 20.3 Å². The molecule has 3 rings (SSSR count). The van der Waals surface area contributed by atoms with Gasteiger partial charge in [0.25, 0.3) is 5.91 Å². The van der Waals surface area contributed by atoms with Crippen LogP contribution in [-0.4, -0.2) is 25.5 Å². The number of benzene rings is 3. The van der Waals surface area contributed by atoms with E-state index < -0.39 is 5.91 Å². The van der Waals surface area contributed by atoms with E-state index in [2.05, 4.69) is 10.9 Å². The van der Waals surface area contributed by atoms with Crippen LogP contribution in [0.4, 0.5) is 0 Å². The molecule has 0 aliphatic heterocycles. The summed E-state index contributed by atoms with van der Waals surface area (Å²) >= 11 is 0. The summed E-state index contributed by atoms with van der Waals surface area (Å²) in [6, 6.07) is 24.4. The van der Waals surface area contributed by atoms with Gasteiger partial charge in [-0.05, 0) is 29.3 Å². The van der Waals surface area contributed by atoms with E-state index in [0.717, 1.165) is 22.4 Å². The molecule has 6 heteroatoms. The number of hydrogen-bond acceptors (Lipinski definition) is 4. The summed E-state index contributed by atoms with van der Waals surface area (Å²) in [6.07, 6.45) is 0.141. The van der Waals surface area contributed by atoms with Gasteiger partial charge < -0.3 is 9.47 Å². The van der Waals surface area contributed by atoms with Crippen LogP contribution in [0.5, 0.6) is 11.5 Å². The molecule has 0 saturated heterocycles. The zero-order chi connectivity index (χ0) is 20.5. The van der Waals surface area contributed by atoms with Gasteiger partial charge in [-0.2, -0.15) is 0 Å². The number of para-hydroxylation sites is 1. The minimum atomic E-state index is -0.448. The van der Waals surface area contributed by atoms with Gasteiger partial charge in [0.15, 0.2) is 6.61 Å². The van der Waals surface area contributed by atoms with Gasteiger partial charge in [-0.3, -0.25) is 20.4 Å². The van der Waals surface area contributed by atoms with Crippen molar-refractivity contribution in [3.63, 3.8) is 0 Å². The third kappa shape index (κ3) is 5.84. The largest absolute Gasteiger partial charge is 0.497 e. The Morgan fingerprint density at radius 3 is 2.17 bits per heavy atom.